The van der Waals surface area contributed by atoms with Crippen LogP contribution in [-0.2, 0) is 6.61 Å². The van der Waals surface area contributed by atoms with Crippen molar-refractivity contribution in [1.82, 2.24) is 0 Å². The third-order valence-electron chi connectivity index (χ3n) is 4.27. The van der Waals surface area contributed by atoms with E-state index in [-0.39, 0.29) is 12.5 Å². The van der Waals surface area contributed by atoms with E-state index in [2.05, 4.69) is 5.32 Å². The Bertz CT molecular complexity index is 1050. The maximum absolute atomic E-state index is 12.7. The molecule has 2 amide bonds. The zero-order valence-corrected chi connectivity index (χ0v) is 17.1. The number of nitrogens with two attached hydrogens (primary N) is 1. The fourth-order valence-electron chi connectivity index (χ4n) is 2.77. The van der Waals surface area contributed by atoms with E-state index in [0.29, 0.717) is 45.5 Å². The summed E-state index contributed by atoms with van der Waals surface area (Å²) in [5.74, 6) is 0.351. The van der Waals surface area contributed by atoms with Crippen molar-refractivity contribution < 1.29 is 19.1 Å². The molecule has 0 aromatic heterocycles. The summed E-state index contributed by atoms with van der Waals surface area (Å²) in [6.45, 7) is 2.55. The van der Waals surface area contributed by atoms with Gasteiger partial charge < -0.3 is 20.5 Å². The Labute approximate surface area is 179 Å². The number of para-hydroxylation sites is 1. The standard InChI is InChI=1S/C23H21ClN2O4/c1-2-29-20-12-9-16(13-17(20)14-30-21-6-4-3-5-19(21)24)23(28)26-18-10-7-15(8-11-18)22(25)27/h3-13H,2,14H2,1H3,(H2,25,27)(H,26,28). The summed E-state index contributed by atoms with van der Waals surface area (Å²) >= 11 is 6.14. The summed E-state index contributed by atoms with van der Waals surface area (Å²) in [5, 5.41) is 3.30. The largest absolute Gasteiger partial charge is 0.493 e. The van der Waals surface area contributed by atoms with E-state index in [1.54, 1.807) is 54.6 Å². The molecule has 0 heterocycles. The predicted molar refractivity (Wildman–Crippen MR) is 116 cm³/mol. The zero-order valence-electron chi connectivity index (χ0n) is 16.4. The number of halogens is 1. The van der Waals surface area contributed by atoms with Gasteiger partial charge in [0.25, 0.3) is 5.91 Å². The van der Waals surface area contributed by atoms with E-state index in [9.17, 15) is 9.59 Å². The molecule has 3 aromatic carbocycles. The summed E-state index contributed by atoms with van der Waals surface area (Å²) < 4.78 is 11.5. The fourth-order valence-corrected chi connectivity index (χ4v) is 2.96. The fraction of sp³-hybridized carbons (Fsp3) is 0.130. The molecule has 154 valence electrons. The Morgan fingerprint density at radius 1 is 0.933 bits per heavy atom. The van der Waals surface area contributed by atoms with E-state index in [0.717, 1.165) is 0 Å². The molecule has 0 bridgehead atoms. The van der Waals surface area contributed by atoms with E-state index in [1.807, 2.05) is 19.1 Å². The topological polar surface area (TPSA) is 90.6 Å². The van der Waals surface area contributed by atoms with Crippen LogP contribution in [0, 0.1) is 0 Å². The van der Waals surface area contributed by atoms with Crippen LogP contribution in [0.15, 0.2) is 66.7 Å². The van der Waals surface area contributed by atoms with Gasteiger partial charge in [-0.25, -0.2) is 0 Å². The SMILES string of the molecule is CCOc1ccc(C(=O)Nc2ccc(C(N)=O)cc2)cc1COc1ccccc1Cl. The van der Waals surface area contributed by atoms with Crippen molar-refractivity contribution in [3.8, 4) is 11.5 Å². The monoisotopic (exact) mass is 424 g/mol. The normalized spacial score (nSPS) is 10.3. The van der Waals surface area contributed by atoms with Gasteiger partial charge >= 0.3 is 0 Å². The average Bonchev–Trinajstić information content (AvgIpc) is 2.74. The number of rotatable bonds is 8. The summed E-state index contributed by atoms with van der Waals surface area (Å²) in [4.78, 5) is 23.8. The van der Waals surface area contributed by atoms with Crippen LogP contribution in [-0.4, -0.2) is 18.4 Å². The Balaban J connectivity index is 1.77. The highest BCUT2D eigenvalue weighted by atomic mass is 35.5. The molecule has 30 heavy (non-hydrogen) atoms. The van der Waals surface area contributed by atoms with Crippen molar-refractivity contribution in [3.05, 3.63) is 88.4 Å². The number of ether oxygens (including phenoxy) is 2. The van der Waals surface area contributed by atoms with E-state index < -0.39 is 5.91 Å². The van der Waals surface area contributed by atoms with Crippen LogP contribution >= 0.6 is 11.6 Å². The lowest BCUT2D eigenvalue weighted by Crippen LogP contribution is -2.14. The van der Waals surface area contributed by atoms with Gasteiger partial charge in [0.15, 0.2) is 0 Å². The quantitative estimate of drug-likeness (QED) is 0.549. The molecule has 0 spiro atoms. The molecule has 0 fully saturated rings. The van der Waals surface area contributed by atoms with Crippen molar-refractivity contribution in [2.24, 2.45) is 5.73 Å². The van der Waals surface area contributed by atoms with Crippen LogP contribution in [0.5, 0.6) is 11.5 Å². The summed E-state index contributed by atoms with van der Waals surface area (Å²) in [7, 11) is 0. The minimum Gasteiger partial charge on any atom is -0.493 e. The Morgan fingerprint density at radius 2 is 1.63 bits per heavy atom. The van der Waals surface area contributed by atoms with Gasteiger partial charge in [0, 0.05) is 22.4 Å². The summed E-state index contributed by atoms with van der Waals surface area (Å²) in [6.07, 6.45) is 0. The van der Waals surface area contributed by atoms with Gasteiger partial charge in [-0.2, -0.15) is 0 Å². The van der Waals surface area contributed by atoms with Gasteiger partial charge in [-0.3, -0.25) is 9.59 Å². The van der Waals surface area contributed by atoms with Crippen LogP contribution in [0.4, 0.5) is 5.69 Å². The number of carbonyl (C=O) groups is 2. The van der Waals surface area contributed by atoms with Crippen molar-refractivity contribution in [2.75, 3.05) is 11.9 Å². The maximum Gasteiger partial charge on any atom is 0.255 e. The van der Waals surface area contributed by atoms with Crippen LogP contribution < -0.4 is 20.5 Å². The van der Waals surface area contributed by atoms with E-state index in [1.165, 1.54) is 0 Å². The van der Waals surface area contributed by atoms with Gasteiger partial charge in [0.2, 0.25) is 5.91 Å². The lowest BCUT2D eigenvalue weighted by atomic mass is 10.1. The molecule has 0 saturated heterocycles. The molecule has 0 saturated carbocycles. The molecule has 7 heteroatoms. The van der Waals surface area contributed by atoms with Gasteiger partial charge in [-0.1, -0.05) is 23.7 Å². The Hall–Kier alpha value is -3.51. The third-order valence-corrected chi connectivity index (χ3v) is 4.58. The number of amides is 2. The number of carbonyl (C=O) groups excluding carboxylic acids is 2. The number of benzene rings is 3. The average molecular weight is 425 g/mol. The van der Waals surface area contributed by atoms with E-state index in [4.69, 9.17) is 26.8 Å². The zero-order chi connectivity index (χ0) is 21.5. The molecule has 3 aromatic rings. The summed E-state index contributed by atoms with van der Waals surface area (Å²) in [6, 6.07) is 18.6. The second kappa shape index (κ2) is 9.80. The Kier molecular flexibility index (Phi) is 6.93. The predicted octanol–water partition coefficient (Wildman–Crippen LogP) is 4.67. The lowest BCUT2D eigenvalue weighted by Gasteiger charge is -2.14. The van der Waals surface area contributed by atoms with Crippen molar-refractivity contribution >= 4 is 29.1 Å². The molecule has 0 aliphatic carbocycles. The van der Waals surface area contributed by atoms with Crippen LogP contribution in [0.2, 0.25) is 5.02 Å². The molecule has 0 unspecified atom stereocenters. The van der Waals surface area contributed by atoms with E-state index >= 15 is 0 Å². The van der Waals surface area contributed by atoms with Gasteiger partial charge in [0.05, 0.1) is 11.6 Å². The molecular weight excluding hydrogens is 404 g/mol. The number of nitrogens with one attached hydrogen (secondary N) is 1. The molecule has 0 aliphatic heterocycles. The van der Waals surface area contributed by atoms with Gasteiger partial charge in [-0.15, -0.1) is 0 Å². The highest BCUT2D eigenvalue weighted by Crippen LogP contribution is 2.27. The summed E-state index contributed by atoms with van der Waals surface area (Å²) in [5.41, 5.74) is 7.31. The van der Waals surface area contributed by atoms with Crippen LogP contribution in [0.25, 0.3) is 0 Å². The highest BCUT2D eigenvalue weighted by molar-refractivity contribution is 6.32. The first-order chi connectivity index (χ1) is 14.5. The molecule has 3 rings (SSSR count). The van der Waals surface area contributed by atoms with Crippen LogP contribution in [0.1, 0.15) is 33.2 Å². The highest BCUT2D eigenvalue weighted by Gasteiger charge is 2.13. The maximum atomic E-state index is 12.7. The number of anilines is 1. The van der Waals surface area contributed by atoms with Crippen molar-refractivity contribution in [2.45, 2.75) is 13.5 Å². The molecule has 3 N–H and O–H groups in total. The lowest BCUT2D eigenvalue weighted by molar-refractivity contribution is 0.0998. The van der Waals surface area contributed by atoms with Crippen molar-refractivity contribution in [1.29, 1.82) is 0 Å². The Morgan fingerprint density at radius 3 is 2.30 bits per heavy atom. The molecular formula is C23H21ClN2O4. The minimum atomic E-state index is -0.525. The first-order valence-electron chi connectivity index (χ1n) is 9.32. The number of hydrogen-bond acceptors (Lipinski definition) is 4. The molecule has 0 aliphatic rings. The number of primary amides is 1. The van der Waals surface area contributed by atoms with Crippen molar-refractivity contribution in [3.63, 3.8) is 0 Å². The third kappa shape index (κ3) is 5.30. The smallest absolute Gasteiger partial charge is 0.255 e. The number of hydrogen-bond donors (Lipinski definition) is 2. The molecule has 6 nitrogen and oxygen atoms in total. The van der Waals surface area contributed by atoms with Gasteiger partial charge in [-0.05, 0) is 61.5 Å². The van der Waals surface area contributed by atoms with Crippen LogP contribution in [0.3, 0.4) is 0 Å². The second-order valence-electron chi connectivity index (χ2n) is 6.37. The molecule has 0 atom stereocenters. The molecule has 0 radical (unpaired) electrons. The second-order valence-corrected chi connectivity index (χ2v) is 6.78. The minimum absolute atomic E-state index is 0.188. The first-order valence-corrected chi connectivity index (χ1v) is 9.70. The first kappa shape index (κ1) is 21.2. The van der Waals surface area contributed by atoms with Gasteiger partial charge in [0.1, 0.15) is 18.1 Å².